The molecule has 1 heterocycles. The molecule has 3 nitrogen and oxygen atoms in total. The smallest absolute Gasteiger partial charge is 0.237 e. The highest BCUT2D eigenvalue weighted by Crippen LogP contribution is 2.48. The minimum Gasteiger partial charge on any atom is -0.274 e. The van der Waals surface area contributed by atoms with Gasteiger partial charge in [-0.25, -0.2) is 0 Å². The lowest BCUT2D eigenvalue weighted by Gasteiger charge is -2.38. The minimum atomic E-state index is -0.213. The van der Waals surface area contributed by atoms with Gasteiger partial charge in [-0.2, -0.15) is 0 Å². The molecule has 2 aromatic rings. The molecule has 0 aromatic heterocycles. The molecule has 1 saturated carbocycles. The molecule has 128 valence electrons. The van der Waals surface area contributed by atoms with Crippen LogP contribution in [-0.2, 0) is 15.0 Å². The Labute approximate surface area is 156 Å². The summed E-state index contributed by atoms with van der Waals surface area (Å²) in [5.74, 6) is -0.463. The van der Waals surface area contributed by atoms with E-state index in [0.29, 0.717) is 5.69 Å². The molecule has 25 heavy (non-hydrogen) atoms. The van der Waals surface area contributed by atoms with E-state index < -0.39 is 0 Å². The number of fused-ring (bicyclic) bond motifs is 1. The second-order valence-electron chi connectivity index (χ2n) is 7.37. The van der Waals surface area contributed by atoms with Gasteiger partial charge in [0.15, 0.2) is 0 Å². The van der Waals surface area contributed by atoms with Crippen LogP contribution in [-0.4, -0.2) is 11.8 Å². The average molecular weight is 398 g/mol. The normalized spacial score (nSPS) is 29.0. The molecule has 2 fully saturated rings. The van der Waals surface area contributed by atoms with Crippen molar-refractivity contribution >= 4 is 33.4 Å². The van der Waals surface area contributed by atoms with Crippen molar-refractivity contribution in [1.82, 2.24) is 0 Å². The molecule has 0 N–H and O–H groups in total. The van der Waals surface area contributed by atoms with E-state index in [1.807, 2.05) is 42.5 Å². The van der Waals surface area contributed by atoms with Gasteiger partial charge >= 0.3 is 0 Å². The zero-order valence-electron chi connectivity index (χ0n) is 14.1. The molecule has 2 aromatic carbocycles. The summed E-state index contributed by atoms with van der Waals surface area (Å²) < 4.78 is 0.935. The Morgan fingerprint density at radius 1 is 0.960 bits per heavy atom. The number of benzene rings is 2. The number of rotatable bonds is 2. The van der Waals surface area contributed by atoms with Gasteiger partial charge in [-0.05, 0) is 54.5 Å². The molecule has 1 saturated heterocycles. The molecule has 2 aliphatic rings. The quantitative estimate of drug-likeness (QED) is 0.688. The van der Waals surface area contributed by atoms with Crippen molar-refractivity contribution in [2.75, 3.05) is 4.90 Å². The fourth-order valence-electron chi connectivity index (χ4n) is 4.35. The van der Waals surface area contributed by atoms with Crippen LogP contribution in [0.15, 0.2) is 59.1 Å². The zero-order chi connectivity index (χ0) is 17.6. The van der Waals surface area contributed by atoms with E-state index in [1.165, 1.54) is 10.5 Å². The lowest BCUT2D eigenvalue weighted by atomic mass is 9.64. The maximum absolute atomic E-state index is 13.0. The van der Waals surface area contributed by atoms with E-state index >= 15 is 0 Å². The first-order valence-electron chi connectivity index (χ1n) is 8.68. The van der Waals surface area contributed by atoms with Crippen molar-refractivity contribution in [3.63, 3.8) is 0 Å². The number of hydrogen-bond acceptors (Lipinski definition) is 2. The van der Waals surface area contributed by atoms with Crippen molar-refractivity contribution in [2.24, 2.45) is 11.8 Å². The summed E-state index contributed by atoms with van der Waals surface area (Å²) in [6.45, 7) is 2.22. The Hall–Kier alpha value is -1.94. The SMILES string of the molecule is CC1(c2ccccc2)CCC2C(=O)N(c3ccc(Br)cc3)C(=O)C2C1. The molecule has 2 amide bonds. The third-order valence-electron chi connectivity index (χ3n) is 5.79. The number of amides is 2. The number of anilines is 1. The van der Waals surface area contributed by atoms with Crippen LogP contribution in [0, 0.1) is 11.8 Å². The summed E-state index contributed by atoms with van der Waals surface area (Å²) in [4.78, 5) is 27.3. The summed E-state index contributed by atoms with van der Waals surface area (Å²) in [6.07, 6.45) is 2.44. The van der Waals surface area contributed by atoms with Gasteiger partial charge in [-0.3, -0.25) is 14.5 Å². The van der Waals surface area contributed by atoms with Crippen LogP contribution >= 0.6 is 15.9 Å². The fourth-order valence-corrected chi connectivity index (χ4v) is 4.61. The van der Waals surface area contributed by atoms with Crippen LogP contribution in [0.5, 0.6) is 0 Å². The number of nitrogens with zero attached hydrogens (tertiary/aromatic N) is 1. The van der Waals surface area contributed by atoms with E-state index in [0.717, 1.165) is 23.7 Å². The third kappa shape index (κ3) is 2.73. The Morgan fingerprint density at radius 3 is 2.28 bits per heavy atom. The third-order valence-corrected chi connectivity index (χ3v) is 6.32. The number of hydrogen-bond donors (Lipinski definition) is 0. The highest BCUT2D eigenvalue weighted by atomic mass is 79.9. The van der Waals surface area contributed by atoms with Crippen molar-refractivity contribution in [1.29, 1.82) is 0 Å². The predicted octanol–water partition coefficient (Wildman–Crippen LogP) is 4.70. The van der Waals surface area contributed by atoms with Gasteiger partial charge in [0.2, 0.25) is 11.8 Å². The van der Waals surface area contributed by atoms with Crippen LogP contribution in [0.1, 0.15) is 31.7 Å². The van der Waals surface area contributed by atoms with E-state index in [4.69, 9.17) is 0 Å². The minimum absolute atomic E-state index is 0.0348. The highest BCUT2D eigenvalue weighted by molar-refractivity contribution is 9.10. The van der Waals surface area contributed by atoms with Crippen LogP contribution < -0.4 is 4.90 Å². The van der Waals surface area contributed by atoms with Crippen LogP contribution in [0.4, 0.5) is 5.69 Å². The first-order chi connectivity index (χ1) is 12.0. The van der Waals surface area contributed by atoms with E-state index in [1.54, 1.807) is 0 Å². The summed E-state index contributed by atoms with van der Waals surface area (Å²) in [7, 11) is 0. The van der Waals surface area contributed by atoms with E-state index in [2.05, 4.69) is 35.0 Å². The van der Waals surface area contributed by atoms with Gasteiger partial charge < -0.3 is 0 Å². The molecular formula is C21H20BrNO2. The zero-order valence-corrected chi connectivity index (χ0v) is 15.7. The average Bonchev–Trinajstić information content (AvgIpc) is 2.87. The maximum Gasteiger partial charge on any atom is 0.237 e. The summed E-state index contributed by atoms with van der Waals surface area (Å²) in [5.41, 5.74) is 1.89. The van der Waals surface area contributed by atoms with E-state index in [-0.39, 0.29) is 29.1 Å². The first kappa shape index (κ1) is 16.5. The van der Waals surface area contributed by atoms with Crippen molar-refractivity contribution < 1.29 is 9.59 Å². The number of carbonyl (C=O) groups excluding carboxylic acids is 2. The monoisotopic (exact) mass is 397 g/mol. The largest absolute Gasteiger partial charge is 0.274 e. The maximum atomic E-state index is 13.0. The number of carbonyl (C=O) groups is 2. The van der Waals surface area contributed by atoms with Crippen molar-refractivity contribution in [3.05, 3.63) is 64.6 Å². The highest BCUT2D eigenvalue weighted by Gasteiger charge is 2.53. The van der Waals surface area contributed by atoms with Gasteiger partial charge in [0.25, 0.3) is 0 Å². The molecule has 3 unspecified atom stereocenters. The van der Waals surface area contributed by atoms with Gasteiger partial charge in [-0.15, -0.1) is 0 Å². The van der Waals surface area contributed by atoms with Crippen molar-refractivity contribution in [2.45, 2.75) is 31.6 Å². The number of halogens is 1. The Bertz CT molecular complexity index is 818. The molecule has 0 spiro atoms. The lowest BCUT2D eigenvalue weighted by Crippen LogP contribution is -2.36. The fraction of sp³-hybridized carbons (Fsp3) is 0.333. The van der Waals surface area contributed by atoms with Crippen LogP contribution in [0.25, 0.3) is 0 Å². The Kier molecular flexibility index (Phi) is 4.03. The number of imide groups is 1. The second-order valence-corrected chi connectivity index (χ2v) is 8.29. The van der Waals surface area contributed by atoms with Gasteiger partial charge in [0.1, 0.15) is 0 Å². The van der Waals surface area contributed by atoms with Crippen LogP contribution in [0.3, 0.4) is 0 Å². The Balaban J connectivity index is 1.64. The molecule has 1 aliphatic heterocycles. The summed E-state index contributed by atoms with van der Waals surface area (Å²) in [6, 6.07) is 17.8. The molecule has 4 rings (SSSR count). The van der Waals surface area contributed by atoms with Gasteiger partial charge in [0.05, 0.1) is 17.5 Å². The molecule has 0 radical (unpaired) electrons. The first-order valence-corrected chi connectivity index (χ1v) is 9.48. The standard InChI is InChI=1S/C21H20BrNO2/c1-21(14-5-3-2-4-6-14)12-11-17-18(13-21)20(25)23(19(17)24)16-9-7-15(22)8-10-16/h2-10,17-18H,11-13H2,1H3. The molecule has 0 bridgehead atoms. The molecule has 3 atom stereocenters. The summed E-state index contributed by atoms with van der Waals surface area (Å²) >= 11 is 3.40. The molecular weight excluding hydrogens is 378 g/mol. The Morgan fingerprint density at radius 2 is 1.60 bits per heavy atom. The summed E-state index contributed by atoms with van der Waals surface area (Å²) in [5, 5.41) is 0. The van der Waals surface area contributed by atoms with Crippen molar-refractivity contribution in [3.8, 4) is 0 Å². The molecule has 1 aliphatic carbocycles. The molecule has 4 heteroatoms. The second kappa shape index (κ2) is 6.10. The van der Waals surface area contributed by atoms with Gasteiger partial charge in [-0.1, -0.05) is 53.2 Å². The van der Waals surface area contributed by atoms with Gasteiger partial charge in [0, 0.05) is 4.47 Å². The van der Waals surface area contributed by atoms with E-state index in [9.17, 15) is 9.59 Å². The van der Waals surface area contributed by atoms with Crippen LogP contribution in [0.2, 0.25) is 0 Å². The predicted molar refractivity (Wildman–Crippen MR) is 101 cm³/mol. The lowest BCUT2D eigenvalue weighted by molar-refractivity contribution is -0.122. The topological polar surface area (TPSA) is 37.4 Å².